The highest BCUT2D eigenvalue weighted by Crippen LogP contribution is 2.29. The number of carbonyl (C=O) groups is 2. The fourth-order valence-electron chi connectivity index (χ4n) is 3.10. The number of rotatable bonds is 5. The van der Waals surface area contributed by atoms with Crippen LogP contribution in [-0.2, 0) is 16.1 Å². The van der Waals surface area contributed by atoms with Gasteiger partial charge in [-0.3, -0.25) is 14.3 Å². The third-order valence-electron chi connectivity index (χ3n) is 4.21. The van der Waals surface area contributed by atoms with Crippen LogP contribution in [-0.4, -0.2) is 21.6 Å². The molecule has 0 saturated heterocycles. The first-order valence-corrected chi connectivity index (χ1v) is 8.22. The largest absolute Gasteiger partial charge is 0.349 e. The van der Waals surface area contributed by atoms with Gasteiger partial charge in [0.2, 0.25) is 11.8 Å². The Bertz CT molecular complexity index is 766. The predicted octanol–water partition coefficient (Wildman–Crippen LogP) is 2.48. The summed E-state index contributed by atoms with van der Waals surface area (Å²) in [5.74, 6) is -0.104. The molecular formula is C18H22N4O2. The number of para-hydroxylation sites is 1. The molecule has 2 aromatic rings. The summed E-state index contributed by atoms with van der Waals surface area (Å²) in [6.45, 7) is 4.69. The number of hydrogen-bond donors (Lipinski definition) is 2. The van der Waals surface area contributed by atoms with E-state index in [0.717, 1.165) is 29.2 Å². The van der Waals surface area contributed by atoms with Crippen LogP contribution in [0.25, 0.3) is 0 Å². The van der Waals surface area contributed by atoms with Gasteiger partial charge in [0, 0.05) is 24.3 Å². The van der Waals surface area contributed by atoms with Gasteiger partial charge in [0.25, 0.3) is 0 Å². The molecule has 0 fully saturated rings. The average Bonchev–Trinajstić information content (AvgIpc) is 2.85. The van der Waals surface area contributed by atoms with E-state index in [0.29, 0.717) is 12.8 Å². The molecule has 2 amide bonds. The molecule has 1 atom stereocenters. The normalized spacial score (nSPS) is 16.4. The van der Waals surface area contributed by atoms with Gasteiger partial charge < -0.3 is 10.6 Å². The number of carbonyl (C=O) groups excluding carboxylic acids is 2. The van der Waals surface area contributed by atoms with Crippen LogP contribution in [0.4, 0.5) is 5.69 Å². The number of aryl methyl sites for hydroxylation is 3. The Morgan fingerprint density at radius 2 is 2.17 bits per heavy atom. The Labute approximate surface area is 141 Å². The molecule has 6 heteroatoms. The summed E-state index contributed by atoms with van der Waals surface area (Å²) < 4.78 is 1.92. The molecular weight excluding hydrogens is 304 g/mol. The molecule has 1 aromatic heterocycles. The van der Waals surface area contributed by atoms with E-state index in [-0.39, 0.29) is 24.3 Å². The molecule has 126 valence electrons. The Balaban J connectivity index is 1.55. The summed E-state index contributed by atoms with van der Waals surface area (Å²) in [6, 6.07) is 9.36. The molecule has 0 spiro atoms. The van der Waals surface area contributed by atoms with Gasteiger partial charge in [0.1, 0.15) is 0 Å². The van der Waals surface area contributed by atoms with Gasteiger partial charge >= 0.3 is 0 Å². The lowest BCUT2D eigenvalue weighted by Gasteiger charge is -2.26. The highest BCUT2D eigenvalue weighted by molar-refractivity contribution is 5.95. The van der Waals surface area contributed by atoms with Crippen molar-refractivity contribution in [1.29, 1.82) is 0 Å². The van der Waals surface area contributed by atoms with Crippen LogP contribution in [0.1, 0.15) is 42.3 Å². The maximum absolute atomic E-state index is 12.2. The molecule has 0 saturated carbocycles. The number of nitrogens with one attached hydrogen (secondary N) is 2. The van der Waals surface area contributed by atoms with E-state index in [1.165, 1.54) is 0 Å². The van der Waals surface area contributed by atoms with E-state index in [4.69, 9.17) is 0 Å². The fourth-order valence-corrected chi connectivity index (χ4v) is 3.10. The Morgan fingerprint density at radius 1 is 1.38 bits per heavy atom. The number of hydrogen-bond acceptors (Lipinski definition) is 3. The molecule has 1 aliphatic rings. The van der Waals surface area contributed by atoms with Crippen LogP contribution >= 0.6 is 0 Å². The van der Waals surface area contributed by atoms with E-state index in [9.17, 15) is 9.59 Å². The minimum atomic E-state index is -0.254. The van der Waals surface area contributed by atoms with E-state index in [1.54, 1.807) is 0 Å². The predicted molar refractivity (Wildman–Crippen MR) is 91.5 cm³/mol. The molecule has 0 radical (unpaired) electrons. The first-order valence-electron chi connectivity index (χ1n) is 8.22. The van der Waals surface area contributed by atoms with Gasteiger partial charge in [-0.05, 0) is 38.0 Å². The zero-order chi connectivity index (χ0) is 17.1. The van der Waals surface area contributed by atoms with Crippen molar-refractivity contribution in [3.05, 3.63) is 47.3 Å². The molecule has 1 aliphatic heterocycles. The van der Waals surface area contributed by atoms with Crippen molar-refractivity contribution in [2.45, 2.75) is 45.7 Å². The minimum absolute atomic E-state index is 0.0361. The van der Waals surface area contributed by atoms with Crippen molar-refractivity contribution in [2.24, 2.45) is 0 Å². The summed E-state index contributed by atoms with van der Waals surface area (Å²) in [4.78, 5) is 24.0. The van der Waals surface area contributed by atoms with E-state index < -0.39 is 0 Å². The molecule has 24 heavy (non-hydrogen) atoms. The Hall–Kier alpha value is -2.63. The molecule has 3 rings (SSSR count). The number of amides is 2. The van der Waals surface area contributed by atoms with Crippen LogP contribution < -0.4 is 10.6 Å². The second-order valence-corrected chi connectivity index (χ2v) is 6.21. The fraction of sp³-hybridized carbons (Fsp3) is 0.389. The topological polar surface area (TPSA) is 76.0 Å². The smallest absolute Gasteiger partial charge is 0.226 e. The number of aromatic nitrogens is 2. The van der Waals surface area contributed by atoms with Crippen molar-refractivity contribution in [3.8, 4) is 0 Å². The minimum Gasteiger partial charge on any atom is -0.349 e. The monoisotopic (exact) mass is 326 g/mol. The van der Waals surface area contributed by atoms with E-state index in [1.807, 2.05) is 48.9 Å². The summed E-state index contributed by atoms with van der Waals surface area (Å²) in [5.41, 5.74) is 3.83. The zero-order valence-corrected chi connectivity index (χ0v) is 14.0. The first-order chi connectivity index (χ1) is 11.5. The van der Waals surface area contributed by atoms with Crippen LogP contribution in [0, 0.1) is 13.8 Å². The van der Waals surface area contributed by atoms with Gasteiger partial charge in [-0.25, -0.2) is 0 Å². The SMILES string of the molecule is Cc1cc(C)n(CCCC(=O)N[C@@H]2CC(=O)Nc3ccccc32)n1. The van der Waals surface area contributed by atoms with Crippen molar-refractivity contribution < 1.29 is 9.59 Å². The molecule has 2 heterocycles. The van der Waals surface area contributed by atoms with Gasteiger partial charge in [-0.2, -0.15) is 5.10 Å². The van der Waals surface area contributed by atoms with Crippen LogP contribution in [0.15, 0.2) is 30.3 Å². The summed E-state index contributed by atoms with van der Waals surface area (Å²) in [7, 11) is 0. The Kier molecular flexibility index (Phi) is 4.64. The second kappa shape index (κ2) is 6.86. The Morgan fingerprint density at radius 3 is 2.92 bits per heavy atom. The van der Waals surface area contributed by atoms with Gasteiger partial charge in [0.15, 0.2) is 0 Å². The van der Waals surface area contributed by atoms with Gasteiger partial charge in [-0.1, -0.05) is 18.2 Å². The third-order valence-corrected chi connectivity index (χ3v) is 4.21. The lowest BCUT2D eigenvalue weighted by molar-refractivity contribution is -0.122. The standard InChI is InChI=1S/C18H22N4O2/c1-12-10-13(2)22(21-12)9-5-8-17(23)20-16-11-18(24)19-15-7-4-3-6-14(15)16/h3-4,6-7,10,16H,5,8-9,11H2,1-2H3,(H,19,24)(H,20,23)/t16-/m1/s1. The first kappa shape index (κ1) is 16.2. The highest BCUT2D eigenvalue weighted by Gasteiger charge is 2.25. The maximum Gasteiger partial charge on any atom is 0.226 e. The van der Waals surface area contributed by atoms with Gasteiger partial charge in [-0.15, -0.1) is 0 Å². The molecule has 1 aromatic carbocycles. The summed E-state index contributed by atoms with van der Waals surface area (Å²) in [6.07, 6.45) is 1.41. The zero-order valence-electron chi connectivity index (χ0n) is 14.0. The van der Waals surface area contributed by atoms with Crippen LogP contribution in [0.3, 0.4) is 0 Å². The quantitative estimate of drug-likeness (QED) is 0.886. The molecule has 0 aliphatic carbocycles. The van der Waals surface area contributed by atoms with Crippen LogP contribution in [0.2, 0.25) is 0 Å². The van der Waals surface area contributed by atoms with E-state index in [2.05, 4.69) is 15.7 Å². The third kappa shape index (κ3) is 3.64. The molecule has 0 bridgehead atoms. The lowest BCUT2D eigenvalue weighted by atomic mass is 9.97. The van der Waals surface area contributed by atoms with Crippen LogP contribution in [0.5, 0.6) is 0 Å². The van der Waals surface area contributed by atoms with Crippen molar-refractivity contribution >= 4 is 17.5 Å². The summed E-state index contributed by atoms with van der Waals surface area (Å²) >= 11 is 0. The average molecular weight is 326 g/mol. The van der Waals surface area contributed by atoms with Crippen molar-refractivity contribution in [1.82, 2.24) is 15.1 Å². The number of benzene rings is 1. The van der Waals surface area contributed by atoms with Crippen molar-refractivity contribution in [2.75, 3.05) is 5.32 Å². The van der Waals surface area contributed by atoms with Crippen molar-refractivity contribution in [3.63, 3.8) is 0 Å². The lowest BCUT2D eigenvalue weighted by Crippen LogP contribution is -2.35. The molecule has 6 nitrogen and oxygen atoms in total. The number of fused-ring (bicyclic) bond motifs is 1. The maximum atomic E-state index is 12.2. The molecule has 2 N–H and O–H groups in total. The second-order valence-electron chi connectivity index (χ2n) is 6.21. The summed E-state index contributed by atoms with van der Waals surface area (Å²) in [5, 5.41) is 10.2. The van der Waals surface area contributed by atoms with Gasteiger partial charge in [0.05, 0.1) is 18.2 Å². The number of nitrogens with zero attached hydrogens (tertiary/aromatic N) is 2. The highest BCUT2D eigenvalue weighted by atomic mass is 16.2. The number of anilines is 1. The molecule has 0 unspecified atom stereocenters. The van der Waals surface area contributed by atoms with E-state index >= 15 is 0 Å².